The molecule has 2 aromatic carbocycles. The van der Waals surface area contributed by atoms with Gasteiger partial charge in [0, 0.05) is 30.0 Å². The van der Waals surface area contributed by atoms with E-state index >= 15 is 0 Å². The Morgan fingerprint density at radius 1 is 1.04 bits per heavy atom. The summed E-state index contributed by atoms with van der Waals surface area (Å²) in [5, 5.41) is 23.5. The molecule has 0 aliphatic heterocycles. The van der Waals surface area contributed by atoms with Crippen molar-refractivity contribution in [1.82, 2.24) is 0 Å². The molecule has 1 amide bonds. The lowest BCUT2D eigenvalue weighted by molar-refractivity contribution is -0.388. The molecule has 8 nitrogen and oxygen atoms in total. The third kappa shape index (κ3) is 5.11. The van der Waals surface area contributed by atoms with Crippen LogP contribution in [0.25, 0.3) is 6.08 Å². The second-order valence-corrected chi connectivity index (χ2v) is 5.16. The van der Waals surface area contributed by atoms with E-state index in [9.17, 15) is 38.2 Å². The summed E-state index contributed by atoms with van der Waals surface area (Å²) in [5.74, 6) is -0.816. The van der Waals surface area contributed by atoms with E-state index in [4.69, 9.17) is 0 Å². The molecule has 0 aromatic heterocycles. The smallest absolute Gasteiger partial charge is 0.322 e. The third-order valence-electron chi connectivity index (χ3n) is 3.27. The molecule has 0 aliphatic rings. The van der Waals surface area contributed by atoms with Gasteiger partial charge in [0.25, 0.3) is 11.4 Å². The number of alkyl halides is 3. The van der Waals surface area contributed by atoms with Gasteiger partial charge in [-0.1, -0.05) is 12.1 Å². The van der Waals surface area contributed by atoms with Gasteiger partial charge in [-0.15, -0.1) is 0 Å². The summed E-state index contributed by atoms with van der Waals surface area (Å²) in [4.78, 5) is 31.4. The Kier molecular flexibility index (Phi) is 5.54. The Hall–Kier alpha value is -3.76. The second kappa shape index (κ2) is 7.64. The highest BCUT2D eigenvalue weighted by atomic mass is 19.4. The van der Waals surface area contributed by atoms with Crippen LogP contribution in [0, 0.1) is 20.2 Å². The maximum absolute atomic E-state index is 12.9. The number of nitro benzene ring substituents is 2. The van der Waals surface area contributed by atoms with E-state index in [0.29, 0.717) is 17.7 Å². The van der Waals surface area contributed by atoms with Crippen molar-refractivity contribution in [2.45, 2.75) is 6.18 Å². The molecule has 0 saturated carbocycles. The van der Waals surface area contributed by atoms with Crippen molar-refractivity contribution < 1.29 is 27.8 Å². The van der Waals surface area contributed by atoms with Crippen LogP contribution in [0.4, 0.5) is 30.2 Å². The Bertz CT molecular complexity index is 941. The average Bonchev–Trinajstić information content (AvgIpc) is 2.59. The zero-order valence-electron chi connectivity index (χ0n) is 13.3. The van der Waals surface area contributed by atoms with Gasteiger partial charge in [0.15, 0.2) is 0 Å². The molecule has 2 rings (SSSR count). The lowest BCUT2D eigenvalue weighted by atomic mass is 10.1. The standard InChI is InChI=1S/C16H10F3N3O5/c17-16(18,19)13-9-11(5-6-14(13)22(26)27)20-15(23)7-4-10-2-1-3-12(8-10)21(24)25/h1-9H,(H,20,23). The summed E-state index contributed by atoms with van der Waals surface area (Å²) in [7, 11) is 0. The first-order chi connectivity index (χ1) is 12.6. The number of hydrogen-bond acceptors (Lipinski definition) is 5. The summed E-state index contributed by atoms with van der Waals surface area (Å²) >= 11 is 0. The number of nitrogens with zero attached hydrogens (tertiary/aromatic N) is 2. The van der Waals surface area contributed by atoms with Crippen LogP contribution in [0.3, 0.4) is 0 Å². The number of benzene rings is 2. The van der Waals surface area contributed by atoms with Gasteiger partial charge in [-0.25, -0.2) is 0 Å². The van der Waals surface area contributed by atoms with Gasteiger partial charge < -0.3 is 5.32 Å². The van der Waals surface area contributed by atoms with Crippen LogP contribution in [0.2, 0.25) is 0 Å². The molecule has 11 heteroatoms. The zero-order valence-corrected chi connectivity index (χ0v) is 13.3. The lowest BCUT2D eigenvalue weighted by Gasteiger charge is -2.09. The predicted octanol–water partition coefficient (Wildman–Crippen LogP) is 4.17. The number of nitrogens with one attached hydrogen (secondary N) is 1. The number of hydrogen-bond donors (Lipinski definition) is 1. The highest BCUT2D eigenvalue weighted by molar-refractivity contribution is 6.02. The van der Waals surface area contributed by atoms with Crippen molar-refractivity contribution >= 4 is 29.0 Å². The fourth-order valence-electron chi connectivity index (χ4n) is 2.10. The number of carbonyl (C=O) groups is 1. The van der Waals surface area contributed by atoms with E-state index < -0.39 is 33.2 Å². The minimum Gasteiger partial charge on any atom is -0.322 e. The molecule has 2 aromatic rings. The minimum absolute atomic E-state index is 0.192. The van der Waals surface area contributed by atoms with Gasteiger partial charge in [0.2, 0.25) is 5.91 Å². The lowest BCUT2D eigenvalue weighted by Crippen LogP contribution is -2.12. The summed E-state index contributed by atoms with van der Waals surface area (Å²) in [6.07, 6.45) is -2.77. The predicted molar refractivity (Wildman–Crippen MR) is 88.9 cm³/mol. The van der Waals surface area contributed by atoms with E-state index in [2.05, 4.69) is 5.32 Å². The number of amides is 1. The quantitative estimate of drug-likeness (QED) is 0.474. The van der Waals surface area contributed by atoms with E-state index in [-0.39, 0.29) is 11.4 Å². The topological polar surface area (TPSA) is 115 Å². The summed E-state index contributed by atoms with van der Waals surface area (Å²) in [6.45, 7) is 0. The Labute approximate surface area is 149 Å². The van der Waals surface area contributed by atoms with Crippen molar-refractivity contribution in [1.29, 1.82) is 0 Å². The molecule has 0 spiro atoms. The number of halogens is 3. The minimum atomic E-state index is -4.97. The monoisotopic (exact) mass is 381 g/mol. The first-order valence-corrected chi connectivity index (χ1v) is 7.17. The van der Waals surface area contributed by atoms with E-state index in [0.717, 1.165) is 12.1 Å². The Balaban J connectivity index is 2.19. The molecule has 0 aliphatic carbocycles. The van der Waals surface area contributed by atoms with E-state index in [1.165, 1.54) is 30.3 Å². The maximum atomic E-state index is 12.9. The average molecular weight is 381 g/mol. The van der Waals surface area contributed by atoms with Crippen molar-refractivity contribution in [3.63, 3.8) is 0 Å². The number of non-ortho nitro benzene ring substituents is 1. The van der Waals surface area contributed by atoms with Crippen LogP contribution in [0.1, 0.15) is 11.1 Å². The van der Waals surface area contributed by atoms with E-state index in [1.807, 2.05) is 0 Å². The molecule has 0 saturated heterocycles. The molecule has 0 radical (unpaired) electrons. The molecular formula is C16H10F3N3O5. The molecule has 0 fully saturated rings. The highest BCUT2D eigenvalue weighted by Crippen LogP contribution is 2.37. The van der Waals surface area contributed by atoms with Gasteiger partial charge >= 0.3 is 6.18 Å². The van der Waals surface area contributed by atoms with Crippen LogP contribution in [-0.2, 0) is 11.0 Å². The van der Waals surface area contributed by atoms with Gasteiger partial charge in [-0.2, -0.15) is 13.2 Å². The fraction of sp³-hybridized carbons (Fsp3) is 0.0625. The van der Waals surface area contributed by atoms with E-state index in [1.54, 1.807) is 0 Å². The molecule has 0 unspecified atom stereocenters. The van der Waals surface area contributed by atoms with Crippen molar-refractivity contribution in [3.8, 4) is 0 Å². The van der Waals surface area contributed by atoms with Crippen LogP contribution in [0.15, 0.2) is 48.5 Å². The van der Waals surface area contributed by atoms with Gasteiger partial charge in [-0.3, -0.25) is 25.0 Å². The first kappa shape index (κ1) is 19.6. The van der Waals surface area contributed by atoms with Crippen molar-refractivity contribution in [2.24, 2.45) is 0 Å². The van der Waals surface area contributed by atoms with Gasteiger partial charge in [0.05, 0.1) is 9.85 Å². The number of anilines is 1. The van der Waals surface area contributed by atoms with Crippen molar-refractivity contribution in [3.05, 3.63) is 79.9 Å². The van der Waals surface area contributed by atoms with Crippen LogP contribution >= 0.6 is 0 Å². The molecular weight excluding hydrogens is 371 g/mol. The molecule has 0 bridgehead atoms. The molecule has 140 valence electrons. The molecule has 0 atom stereocenters. The number of rotatable bonds is 5. The number of carbonyl (C=O) groups excluding carboxylic acids is 1. The maximum Gasteiger partial charge on any atom is 0.423 e. The van der Waals surface area contributed by atoms with Gasteiger partial charge in [-0.05, 0) is 23.8 Å². The molecule has 0 heterocycles. The fourth-order valence-corrected chi connectivity index (χ4v) is 2.10. The van der Waals surface area contributed by atoms with Crippen LogP contribution in [-0.4, -0.2) is 15.8 Å². The normalized spacial score (nSPS) is 11.4. The number of nitro groups is 2. The van der Waals surface area contributed by atoms with Gasteiger partial charge in [0.1, 0.15) is 5.56 Å². The Morgan fingerprint density at radius 2 is 1.74 bits per heavy atom. The van der Waals surface area contributed by atoms with Crippen LogP contribution < -0.4 is 5.32 Å². The third-order valence-corrected chi connectivity index (χ3v) is 3.27. The largest absolute Gasteiger partial charge is 0.423 e. The molecule has 27 heavy (non-hydrogen) atoms. The second-order valence-electron chi connectivity index (χ2n) is 5.16. The Morgan fingerprint density at radius 3 is 2.33 bits per heavy atom. The SMILES string of the molecule is O=C(C=Cc1cccc([N+](=O)[O-])c1)Nc1ccc([N+](=O)[O-])c(C(F)(F)F)c1. The molecule has 1 N–H and O–H groups in total. The highest BCUT2D eigenvalue weighted by Gasteiger charge is 2.38. The van der Waals surface area contributed by atoms with Crippen molar-refractivity contribution in [2.75, 3.05) is 5.32 Å². The summed E-state index contributed by atoms with van der Waals surface area (Å²) in [5.41, 5.74) is -2.77. The first-order valence-electron chi connectivity index (χ1n) is 7.17. The summed E-state index contributed by atoms with van der Waals surface area (Å²) < 4.78 is 38.7. The summed E-state index contributed by atoms with van der Waals surface area (Å²) in [6, 6.07) is 7.42. The zero-order chi connectivity index (χ0) is 20.2. The van der Waals surface area contributed by atoms with Crippen LogP contribution in [0.5, 0.6) is 0 Å².